The topological polar surface area (TPSA) is 27.2 Å². The predicted octanol–water partition coefficient (Wildman–Crippen LogP) is 7.93. The third kappa shape index (κ3) is 3.37. The van der Waals surface area contributed by atoms with E-state index in [1.54, 1.807) is 0 Å². The van der Waals surface area contributed by atoms with Crippen molar-refractivity contribution in [3.05, 3.63) is 151 Å². The summed E-state index contributed by atoms with van der Waals surface area (Å²) >= 11 is 0. The van der Waals surface area contributed by atoms with E-state index in [0.29, 0.717) is 11.2 Å². The smallest absolute Gasteiger partial charge is 0.254 e. The van der Waals surface area contributed by atoms with Crippen molar-refractivity contribution in [2.75, 3.05) is 0 Å². The molecule has 0 atom stereocenters. The first kappa shape index (κ1) is 26.8. The Kier molecular flexibility index (Phi) is 5.14. The van der Waals surface area contributed by atoms with E-state index in [0.717, 1.165) is 83.6 Å². The van der Waals surface area contributed by atoms with Crippen LogP contribution in [0.5, 0.6) is 0 Å². The minimum Gasteiger partial charge on any atom is -0.309 e. The summed E-state index contributed by atoms with van der Waals surface area (Å²) in [7, 11) is 0. The van der Waals surface area contributed by atoms with E-state index in [1.807, 2.05) is 78.9 Å². The second kappa shape index (κ2) is 9.42. The fraction of sp³-hybridized carbons (Fsp3) is 0. The van der Waals surface area contributed by atoms with E-state index in [1.165, 1.54) is 0 Å². The summed E-state index contributed by atoms with van der Waals surface area (Å²) in [5, 5.41) is 3.88. The molecule has 0 fully saturated rings. The second-order valence-electron chi connectivity index (χ2n) is 12.8. The summed E-state index contributed by atoms with van der Waals surface area (Å²) < 4.78 is 53.1. The Balaban J connectivity index is 1.44. The predicted molar refractivity (Wildman–Crippen MR) is 192 cm³/mol. The maximum atomic E-state index is 16.0. The maximum Gasteiger partial charge on any atom is 0.254 e. The minimum atomic E-state index is -0.950. The first-order valence-corrected chi connectivity index (χ1v) is 16.2. The van der Waals surface area contributed by atoms with E-state index in [9.17, 15) is 4.39 Å². The number of nitrogens with zero attached hydrogens (tertiary/aromatic N) is 4. The molecule has 3 aromatic heterocycles. The number of rotatable bonds is 2. The van der Waals surface area contributed by atoms with Gasteiger partial charge in [-0.05, 0) is 58.8 Å². The summed E-state index contributed by atoms with van der Waals surface area (Å²) in [5.74, 6) is -2.10. The molecule has 0 saturated carbocycles. The van der Waals surface area contributed by atoms with Crippen LogP contribution in [0.2, 0.25) is 0 Å². The molecule has 7 aromatic carbocycles. The fourth-order valence-electron chi connectivity index (χ4n) is 8.43. The van der Waals surface area contributed by atoms with Crippen LogP contribution in [0.25, 0.3) is 71.8 Å². The summed E-state index contributed by atoms with van der Waals surface area (Å²) in [6.07, 6.45) is 0. The van der Waals surface area contributed by atoms with Crippen molar-refractivity contribution in [2.45, 2.75) is 0 Å². The molecular weight excluding hydrogens is 616 g/mol. The van der Waals surface area contributed by atoms with Gasteiger partial charge in [-0.1, -0.05) is 78.9 Å². The Morgan fingerprint density at radius 2 is 1.27 bits per heavy atom. The summed E-state index contributed by atoms with van der Waals surface area (Å²) in [6, 6.07) is 42.2. The van der Waals surface area contributed by atoms with E-state index in [4.69, 9.17) is 4.98 Å². The number of hydrogen-bond acceptors (Lipinski definition) is 1. The lowest BCUT2D eigenvalue weighted by Gasteiger charge is -2.31. The van der Waals surface area contributed by atoms with E-state index >= 15 is 8.78 Å². The van der Waals surface area contributed by atoms with Crippen LogP contribution in [-0.4, -0.2) is 25.2 Å². The first-order valence-electron chi connectivity index (χ1n) is 16.2. The lowest BCUT2D eigenvalue weighted by atomic mass is 9.35. The van der Waals surface area contributed by atoms with Gasteiger partial charge in [0.05, 0.1) is 38.8 Å². The zero-order valence-electron chi connectivity index (χ0n) is 25.7. The standard InChI is InChI=1S/C41H22BF3N4/c43-24-21-29(44)38(30(45)22-24)42-27-18-17-23-9-8-16-34-36(23)39(27)49(41-46-31-13-5-7-15-33(31)48(34)41)40-28(42)19-20-35-37(40)26-12-4-6-14-32(26)47(35)25-10-2-1-3-11-25/h1-22H. The van der Waals surface area contributed by atoms with Gasteiger partial charge >= 0.3 is 0 Å². The molecule has 0 saturated heterocycles. The number of para-hydroxylation sites is 4. The largest absolute Gasteiger partial charge is 0.309 e. The van der Waals surface area contributed by atoms with Gasteiger partial charge < -0.3 is 4.57 Å². The molecule has 11 rings (SSSR count). The number of aromatic nitrogens is 4. The average Bonchev–Trinajstić information content (AvgIpc) is 3.67. The Morgan fingerprint density at radius 1 is 0.551 bits per heavy atom. The van der Waals surface area contributed by atoms with Gasteiger partial charge in [0.25, 0.3) is 6.71 Å². The van der Waals surface area contributed by atoms with Gasteiger partial charge in [-0.15, -0.1) is 0 Å². The third-order valence-corrected chi connectivity index (χ3v) is 10.3. The second-order valence-corrected chi connectivity index (χ2v) is 12.8. The van der Waals surface area contributed by atoms with Crippen LogP contribution in [0.1, 0.15) is 0 Å². The normalized spacial score (nSPS) is 12.8. The Bertz CT molecular complexity index is 3030. The molecule has 8 heteroatoms. The lowest BCUT2D eigenvalue weighted by molar-refractivity contribution is 0.553. The van der Waals surface area contributed by atoms with Crippen LogP contribution >= 0.6 is 0 Å². The van der Waals surface area contributed by atoms with Crippen LogP contribution < -0.4 is 16.4 Å². The minimum absolute atomic E-state index is 0.180. The molecule has 1 aliphatic heterocycles. The van der Waals surface area contributed by atoms with Crippen LogP contribution in [0.4, 0.5) is 13.2 Å². The molecule has 10 aromatic rings. The van der Waals surface area contributed by atoms with Gasteiger partial charge in [0.1, 0.15) is 17.5 Å². The average molecular weight is 638 g/mol. The summed E-state index contributed by atoms with van der Waals surface area (Å²) in [4.78, 5) is 5.25. The molecule has 0 unspecified atom stereocenters. The molecule has 0 radical (unpaired) electrons. The molecular formula is C41H22BF3N4. The first-order chi connectivity index (χ1) is 24.1. The Labute approximate surface area is 277 Å². The zero-order valence-corrected chi connectivity index (χ0v) is 25.7. The molecule has 49 heavy (non-hydrogen) atoms. The highest BCUT2D eigenvalue weighted by molar-refractivity contribution is 6.98. The van der Waals surface area contributed by atoms with E-state index in [2.05, 4.69) is 56.0 Å². The van der Waals surface area contributed by atoms with E-state index in [-0.39, 0.29) is 5.46 Å². The summed E-state index contributed by atoms with van der Waals surface area (Å²) in [5.41, 5.74) is 8.54. The van der Waals surface area contributed by atoms with Gasteiger partial charge in [-0.2, -0.15) is 0 Å². The Hall–Kier alpha value is -6.28. The molecule has 4 heterocycles. The van der Waals surface area contributed by atoms with Crippen molar-refractivity contribution in [1.29, 1.82) is 0 Å². The monoisotopic (exact) mass is 638 g/mol. The van der Waals surface area contributed by atoms with Crippen molar-refractivity contribution in [1.82, 2.24) is 18.5 Å². The summed E-state index contributed by atoms with van der Waals surface area (Å²) in [6.45, 7) is -0.863. The van der Waals surface area contributed by atoms with Crippen LogP contribution in [-0.2, 0) is 0 Å². The number of hydrogen-bond donors (Lipinski definition) is 0. The molecule has 0 spiro atoms. The molecule has 0 bridgehead atoms. The molecule has 0 amide bonds. The fourth-order valence-corrected chi connectivity index (χ4v) is 8.43. The van der Waals surface area contributed by atoms with Crippen molar-refractivity contribution >= 4 is 83.5 Å². The zero-order chi connectivity index (χ0) is 32.5. The van der Waals surface area contributed by atoms with Gasteiger partial charge in [0.2, 0.25) is 5.78 Å². The van der Waals surface area contributed by atoms with Crippen molar-refractivity contribution in [3.8, 4) is 11.4 Å². The molecule has 1 aliphatic rings. The van der Waals surface area contributed by atoms with Crippen molar-refractivity contribution in [2.24, 2.45) is 0 Å². The van der Waals surface area contributed by atoms with Gasteiger partial charge in [-0.3, -0.25) is 8.97 Å². The van der Waals surface area contributed by atoms with E-state index < -0.39 is 24.2 Å². The van der Waals surface area contributed by atoms with Gasteiger partial charge in [-0.25, -0.2) is 18.2 Å². The SMILES string of the molecule is Fc1cc(F)c(B2c3ccc4c(c3-n3c5c2ccc2cccc(c25)n2c5ccccc5nc32)c2ccccc2n4-c2ccccc2)c(F)c1. The molecule has 0 N–H and O–H groups in total. The van der Waals surface area contributed by atoms with Crippen LogP contribution in [0, 0.1) is 17.5 Å². The number of benzene rings is 7. The van der Waals surface area contributed by atoms with Crippen LogP contribution in [0.3, 0.4) is 0 Å². The third-order valence-electron chi connectivity index (χ3n) is 10.3. The number of halogens is 3. The lowest BCUT2D eigenvalue weighted by Crippen LogP contribution is -2.58. The highest BCUT2D eigenvalue weighted by Gasteiger charge is 2.39. The molecule has 230 valence electrons. The number of fused-ring (bicyclic) bond motifs is 11. The molecule has 4 nitrogen and oxygen atoms in total. The van der Waals surface area contributed by atoms with Crippen LogP contribution in [0.15, 0.2) is 133 Å². The highest BCUT2D eigenvalue weighted by atomic mass is 19.1. The maximum absolute atomic E-state index is 16.0. The highest BCUT2D eigenvalue weighted by Crippen LogP contribution is 2.40. The quantitative estimate of drug-likeness (QED) is 0.177. The Morgan fingerprint density at radius 3 is 2.10 bits per heavy atom. The van der Waals surface area contributed by atoms with Crippen molar-refractivity contribution < 1.29 is 13.2 Å². The van der Waals surface area contributed by atoms with Gasteiger partial charge in [0, 0.05) is 39.4 Å². The van der Waals surface area contributed by atoms with Crippen molar-refractivity contribution in [3.63, 3.8) is 0 Å². The van der Waals surface area contributed by atoms with Gasteiger partial charge in [0.15, 0.2) is 0 Å². The number of imidazole rings is 1. The molecule has 0 aliphatic carbocycles.